The Morgan fingerprint density at radius 3 is 3.00 bits per heavy atom. The van der Waals surface area contributed by atoms with E-state index >= 15 is 0 Å². The molecule has 2 heteroatoms. The number of nitrogens with one attached hydrogen (secondary N) is 2. The van der Waals surface area contributed by atoms with Crippen molar-refractivity contribution >= 4 is 0 Å². The Bertz CT molecular complexity index is 91.1. The molecule has 2 saturated heterocycles. The van der Waals surface area contributed by atoms with Crippen LogP contribution in [0.4, 0.5) is 0 Å². The second kappa shape index (κ2) is 2.27. The monoisotopic (exact) mass is 126 g/mol. The molecule has 9 heavy (non-hydrogen) atoms. The van der Waals surface area contributed by atoms with E-state index in [4.69, 9.17) is 0 Å². The number of fused-ring (bicyclic) bond motifs is 2. The summed E-state index contributed by atoms with van der Waals surface area (Å²) in [6, 6.07) is 0.789. The summed E-state index contributed by atoms with van der Waals surface area (Å²) in [4.78, 5) is 0. The fraction of sp³-hybridized carbons (Fsp3) is 1.00. The van der Waals surface area contributed by atoms with Crippen LogP contribution in [0.3, 0.4) is 0 Å². The molecule has 0 spiro atoms. The highest BCUT2D eigenvalue weighted by Crippen LogP contribution is 2.15. The summed E-state index contributed by atoms with van der Waals surface area (Å²) in [6.45, 7) is 1.20. The fourth-order valence-corrected chi connectivity index (χ4v) is 1.80. The van der Waals surface area contributed by atoms with Gasteiger partial charge < -0.3 is 5.32 Å². The van der Waals surface area contributed by atoms with Crippen LogP contribution in [0.15, 0.2) is 0 Å². The summed E-state index contributed by atoms with van der Waals surface area (Å²) < 4.78 is 0. The Labute approximate surface area is 56.0 Å². The number of hydrogen-bond acceptors (Lipinski definition) is 2. The zero-order chi connectivity index (χ0) is 6.10. The zero-order valence-electron chi connectivity index (χ0n) is 5.69. The highest BCUT2D eigenvalue weighted by atomic mass is 15.2. The Hall–Kier alpha value is -0.0800. The zero-order valence-corrected chi connectivity index (χ0v) is 5.69. The van der Waals surface area contributed by atoms with Gasteiger partial charge in [0, 0.05) is 12.6 Å². The van der Waals surface area contributed by atoms with Gasteiger partial charge in [-0.2, -0.15) is 0 Å². The van der Waals surface area contributed by atoms with Crippen molar-refractivity contribution in [1.29, 1.82) is 0 Å². The smallest absolute Gasteiger partial charge is 0.0574 e. The van der Waals surface area contributed by atoms with Crippen molar-refractivity contribution in [2.24, 2.45) is 0 Å². The first-order chi connectivity index (χ1) is 4.45. The van der Waals surface area contributed by atoms with Crippen molar-refractivity contribution in [3.8, 4) is 0 Å². The highest BCUT2D eigenvalue weighted by Gasteiger charge is 2.24. The molecule has 52 valence electrons. The normalized spacial score (nSPS) is 42.7. The quantitative estimate of drug-likeness (QED) is 0.492. The van der Waals surface area contributed by atoms with Gasteiger partial charge in [-0.3, -0.25) is 5.32 Å². The van der Waals surface area contributed by atoms with Crippen molar-refractivity contribution in [2.75, 3.05) is 6.54 Å². The lowest BCUT2D eigenvalue weighted by atomic mass is 10.1. The van der Waals surface area contributed by atoms with E-state index in [-0.39, 0.29) is 0 Å². The van der Waals surface area contributed by atoms with Crippen LogP contribution < -0.4 is 10.6 Å². The number of rotatable bonds is 0. The molecule has 2 aliphatic heterocycles. The molecule has 2 heterocycles. The molecule has 0 amide bonds. The van der Waals surface area contributed by atoms with Gasteiger partial charge in [-0.25, -0.2) is 0 Å². The van der Waals surface area contributed by atoms with Gasteiger partial charge in [0.05, 0.1) is 6.17 Å². The van der Waals surface area contributed by atoms with Crippen molar-refractivity contribution in [3.05, 3.63) is 0 Å². The third kappa shape index (κ3) is 1.10. The van der Waals surface area contributed by atoms with Crippen LogP contribution in [0.1, 0.15) is 25.7 Å². The van der Waals surface area contributed by atoms with Gasteiger partial charge in [0.1, 0.15) is 0 Å². The van der Waals surface area contributed by atoms with E-state index in [1.807, 2.05) is 0 Å². The molecule has 0 aromatic rings. The SMILES string of the molecule is C1CCC2NCC(C1)N2. The standard InChI is InChI=1S/C7H14N2/c1-2-4-7-8-5-6(3-1)9-7/h6-9H,1-5H2. The summed E-state index contributed by atoms with van der Waals surface area (Å²) >= 11 is 0. The van der Waals surface area contributed by atoms with E-state index in [0.29, 0.717) is 6.17 Å². The molecule has 2 bridgehead atoms. The van der Waals surface area contributed by atoms with E-state index in [2.05, 4.69) is 10.6 Å². The fourth-order valence-electron chi connectivity index (χ4n) is 1.80. The lowest BCUT2D eigenvalue weighted by Gasteiger charge is -2.06. The first-order valence-corrected chi connectivity index (χ1v) is 3.94. The van der Waals surface area contributed by atoms with Gasteiger partial charge in [-0.15, -0.1) is 0 Å². The van der Waals surface area contributed by atoms with Crippen molar-refractivity contribution in [2.45, 2.75) is 37.9 Å². The molecular formula is C7H14N2. The second-order valence-electron chi connectivity index (χ2n) is 3.11. The van der Waals surface area contributed by atoms with Crippen LogP contribution >= 0.6 is 0 Å². The van der Waals surface area contributed by atoms with Crippen LogP contribution in [0.5, 0.6) is 0 Å². The summed E-state index contributed by atoms with van der Waals surface area (Å²) in [6.07, 6.45) is 6.19. The molecular weight excluding hydrogens is 112 g/mol. The van der Waals surface area contributed by atoms with Crippen LogP contribution in [0, 0.1) is 0 Å². The van der Waals surface area contributed by atoms with Gasteiger partial charge in [-0.05, 0) is 12.8 Å². The summed E-state index contributed by atoms with van der Waals surface area (Å²) in [5.74, 6) is 0. The molecule has 2 N–H and O–H groups in total. The van der Waals surface area contributed by atoms with E-state index in [9.17, 15) is 0 Å². The maximum atomic E-state index is 3.54. The Morgan fingerprint density at radius 1 is 1.11 bits per heavy atom. The topological polar surface area (TPSA) is 24.1 Å². The van der Waals surface area contributed by atoms with E-state index < -0.39 is 0 Å². The van der Waals surface area contributed by atoms with Gasteiger partial charge in [0.25, 0.3) is 0 Å². The second-order valence-corrected chi connectivity index (χ2v) is 3.11. The Balaban J connectivity index is 1.99. The van der Waals surface area contributed by atoms with Gasteiger partial charge in [0.2, 0.25) is 0 Å². The minimum absolute atomic E-state index is 0.650. The molecule has 2 nitrogen and oxygen atoms in total. The molecule has 0 radical (unpaired) electrons. The third-order valence-corrected chi connectivity index (χ3v) is 2.34. The van der Waals surface area contributed by atoms with Crippen LogP contribution in [-0.2, 0) is 0 Å². The average Bonchev–Trinajstić information content (AvgIpc) is 2.09. The van der Waals surface area contributed by atoms with Crippen LogP contribution in [-0.4, -0.2) is 18.8 Å². The lowest BCUT2D eigenvalue weighted by molar-refractivity contribution is 0.506. The predicted octanol–water partition coefficient (Wildman–Crippen LogP) is 0.448. The molecule has 2 fully saturated rings. The van der Waals surface area contributed by atoms with Crippen molar-refractivity contribution in [1.82, 2.24) is 10.6 Å². The maximum Gasteiger partial charge on any atom is 0.0574 e. The highest BCUT2D eigenvalue weighted by molar-refractivity contribution is 4.85. The van der Waals surface area contributed by atoms with Crippen LogP contribution in [0.2, 0.25) is 0 Å². The Morgan fingerprint density at radius 2 is 2.00 bits per heavy atom. The summed E-state index contributed by atoms with van der Waals surface area (Å²) in [7, 11) is 0. The molecule has 2 aliphatic rings. The third-order valence-electron chi connectivity index (χ3n) is 2.34. The van der Waals surface area contributed by atoms with Gasteiger partial charge >= 0.3 is 0 Å². The van der Waals surface area contributed by atoms with E-state index in [1.54, 1.807) is 0 Å². The summed E-state index contributed by atoms with van der Waals surface area (Å²) in [5, 5.41) is 6.99. The van der Waals surface area contributed by atoms with Gasteiger partial charge in [-0.1, -0.05) is 12.8 Å². The molecule has 0 saturated carbocycles. The average molecular weight is 126 g/mol. The summed E-state index contributed by atoms with van der Waals surface area (Å²) in [5.41, 5.74) is 0. The lowest BCUT2D eigenvalue weighted by Crippen LogP contribution is -2.31. The molecule has 2 atom stereocenters. The number of hydrogen-bond donors (Lipinski definition) is 2. The van der Waals surface area contributed by atoms with E-state index in [1.165, 1.54) is 32.2 Å². The van der Waals surface area contributed by atoms with Crippen LogP contribution in [0.25, 0.3) is 0 Å². The van der Waals surface area contributed by atoms with Crippen molar-refractivity contribution in [3.63, 3.8) is 0 Å². The molecule has 2 unspecified atom stereocenters. The maximum absolute atomic E-state index is 3.54. The van der Waals surface area contributed by atoms with Gasteiger partial charge in [0.15, 0.2) is 0 Å². The predicted molar refractivity (Wildman–Crippen MR) is 37.2 cm³/mol. The largest absolute Gasteiger partial charge is 0.300 e. The molecule has 0 aromatic heterocycles. The van der Waals surface area contributed by atoms with Crippen molar-refractivity contribution < 1.29 is 0 Å². The minimum atomic E-state index is 0.650. The first-order valence-electron chi connectivity index (χ1n) is 3.94. The minimum Gasteiger partial charge on any atom is -0.300 e. The first kappa shape index (κ1) is 5.69. The molecule has 0 aliphatic carbocycles. The molecule has 0 aromatic carbocycles. The molecule has 2 rings (SSSR count). The Kier molecular flexibility index (Phi) is 1.44. The van der Waals surface area contributed by atoms with E-state index in [0.717, 1.165) is 6.04 Å².